The summed E-state index contributed by atoms with van der Waals surface area (Å²) < 4.78 is 0. The summed E-state index contributed by atoms with van der Waals surface area (Å²) in [5.74, 6) is -0.283. The number of para-hydroxylation sites is 1. The van der Waals surface area contributed by atoms with Crippen LogP contribution in [0.25, 0.3) is 10.9 Å². The van der Waals surface area contributed by atoms with E-state index >= 15 is 0 Å². The topological polar surface area (TPSA) is 88.6 Å². The molecule has 2 atom stereocenters. The quantitative estimate of drug-likeness (QED) is 0.514. The van der Waals surface area contributed by atoms with E-state index in [9.17, 15) is 15.0 Å². The molecule has 1 aromatic heterocycles. The van der Waals surface area contributed by atoms with Crippen LogP contribution < -0.4 is 5.32 Å². The molecule has 2 amide bonds. The van der Waals surface area contributed by atoms with Crippen LogP contribution in [0.3, 0.4) is 0 Å². The van der Waals surface area contributed by atoms with Crippen molar-refractivity contribution in [2.45, 2.75) is 45.1 Å². The molecular formula is C23H27N3O3. The van der Waals surface area contributed by atoms with Crippen molar-refractivity contribution in [3.05, 3.63) is 70.9 Å². The number of aromatic nitrogens is 1. The Morgan fingerprint density at radius 3 is 2.76 bits per heavy atom. The summed E-state index contributed by atoms with van der Waals surface area (Å²) in [4.78, 5) is 17.9. The number of aliphatic hydroxyl groups is 2. The second-order valence-corrected chi connectivity index (χ2v) is 7.91. The minimum atomic E-state index is -1.66. The van der Waals surface area contributed by atoms with Gasteiger partial charge in [-0.05, 0) is 36.1 Å². The standard InChI is InChI=1S/C23H27N3O3/c1-14-7-8-17-13-26(10-9-16(17)11-14)23(29)25-21(22(27)28)15(2)19-12-24-20-6-4-3-5-18(19)20/h3-8,11-12,15,21-22,24,27-28H,9-10,13H2,1-2H3,(H,25,29)/t15-,21+/m0/s1. The normalized spacial score (nSPS) is 16.0. The third kappa shape index (κ3) is 3.86. The minimum absolute atomic E-state index is 0.277. The van der Waals surface area contributed by atoms with E-state index in [2.05, 4.69) is 35.4 Å². The molecule has 0 radical (unpaired) electrons. The zero-order valence-electron chi connectivity index (χ0n) is 16.7. The molecule has 0 fully saturated rings. The first kappa shape index (κ1) is 19.5. The van der Waals surface area contributed by atoms with E-state index in [1.54, 1.807) is 4.90 Å². The average Bonchev–Trinajstić information content (AvgIpc) is 3.15. The largest absolute Gasteiger partial charge is 0.366 e. The number of hydrogen-bond acceptors (Lipinski definition) is 3. The summed E-state index contributed by atoms with van der Waals surface area (Å²) >= 11 is 0. The summed E-state index contributed by atoms with van der Waals surface area (Å²) in [6.45, 7) is 5.10. The number of rotatable bonds is 4. The van der Waals surface area contributed by atoms with Gasteiger partial charge in [-0.3, -0.25) is 0 Å². The second kappa shape index (κ2) is 7.89. The van der Waals surface area contributed by atoms with Crippen LogP contribution in [0.1, 0.15) is 35.1 Å². The highest BCUT2D eigenvalue weighted by molar-refractivity contribution is 5.84. The number of carbonyl (C=O) groups is 1. The molecule has 4 rings (SSSR count). The van der Waals surface area contributed by atoms with Crippen LogP contribution in [0.15, 0.2) is 48.7 Å². The summed E-state index contributed by atoms with van der Waals surface area (Å²) in [6, 6.07) is 13.1. The number of benzene rings is 2. The Bertz CT molecular complexity index is 1030. The Hall–Kier alpha value is -2.83. The molecule has 152 valence electrons. The van der Waals surface area contributed by atoms with Gasteiger partial charge < -0.3 is 25.4 Å². The van der Waals surface area contributed by atoms with Gasteiger partial charge >= 0.3 is 6.03 Å². The molecule has 4 N–H and O–H groups in total. The number of fused-ring (bicyclic) bond motifs is 2. The molecular weight excluding hydrogens is 366 g/mol. The first-order chi connectivity index (χ1) is 13.9. The van der Waals surface area contributed by atoms with Gasteiger partial charge in [0.2, 0.25) is 0 Å². The van der Waals surface area contributed by atoms with Gasteiger partial charge in [0.05, 0.1) is 6.04 Å². The van der Waals surface area contributed by atoms with Gasteiger partial charge in [-0.2, -0.15) is 0 Å². The number of aryl methyl sites for hydroxylation is 1. The number of aromatic amines is 1. The zero-order valence-corrected chi connectivity index (χ0v) is 16.7. The number of hydrogen-bond donors (Lipinski definition) is 4. The van der Waals surface area contributed by atoms with Crippen molar-refractivity contribution in [3.63, 3.8) is 0 Å². The average molecular weight is 393 g/mol. The molecule has 0 saturated carbocycles. The van der Waals surface area contributed by atoms with Crippen LogP contribution in [0.2, 0.25) is 0 Å². The molecule has 2 heterocycles. The Kier molecular flexibility index (Phi) is 5.30. The fourth-order valence-corrected chi connectivity index (χ4v) is 4.21. The van der Waals surface area contributed by atoms with Gasteiger partial charge in [-0.1, -0.05) is 48.9 Å². The van der Waals surface area contributed by atoms with Gasteiger partial charge in [-0.25, -0.2) is 4.79 Å². The van der Waals surface area contributed by atoms with E-state index in [1.807, 2.05) is 37.4 Å². The highest BCUT2D eigenvalue weighted by Gasteiger charge is 2.31. The highest BCUT2D eigenvalue weighted by atomic mass is 16.5. The number of amides is 2. The molecule has 0 aliphatic carbocycles. The monoisotopic (exact) mass is 393 g/mol. The first-order valence-electron chi connectivity index (χ1n) is 10.00. The Labute approximate surface area is 170 Å². The predicted octanol–water partition coefficient (Wildman–Crippen LogP) is 3.03. The SMILES string of the molecule is Cc1ccc2c(c1)CCN(C(=O)N[C@@H](C(O)O)[C@@H](C)c1c[nH]c3ccccc13)C2. The Morgan fingerprint density at radius 1 is 1.17 bits per heavy atom. The smallest absolute Gasteiger partial charge is 0.318 e. The van der Waals surface area contributed by atoms with Gasteiger partial charge in [0.15, 0.2) is 6.29 Å². The second-order valence-electron chi connectivity index (χ2n) is 7.91. The molecule has 1 aliphatic heterocycles. The van der Waals surface area contributed by atoms with Gasteiger partial charge in [-0.15, -0.1) is 0 Å². The van der Waals surface area contributed by atoms with Crippen molar-refractivity contribution in [1.82, 2.24) is 15.2 Å². The van der Waals surface area contributed by atoms with Crippen LogP contribution >= 0.6 is 0 Å². The summed E-state index contributed by atoms with van der Waals surface area (Å²) in [5.41, 5.74) is 5.56. The van der Waals surface area contributed by atoms with Crippen LogP contribution in [0.5, 0.6) is 0 Å². The number of H-pyrrole nitrogens is 1. The number of nitrogens with one attached hydrogen (secondary N) is 2. The summed E-state index contributed by atoms with van der Waals surface area (Å²) in [7, 11) is 0. The van der Waals surface area contributed by atoms with Crippen LogP contribution in [0.4, 0.5) is 4.79 Å². The maximum Gasteiger partial charge on any atom is 0.318 e. The lowest BCUT2D eigenvalue weighted by atomic mass is 9.92. The molecule has 6 nitrogen and oxygen atoms in total. The van der Waals surface area contributed by atoms with Crippen molar-refractivity contribution in [1.29, 1.82) is 0 Å². The van der Waals surface area contributed by atoms with Crippen LogP contribution in [0, 0.1) is 6.92 Å². The summed E-state index contributed by atoms with van der Waals surface area (Å²) in [6.07, 6.45) is 1.01. The van der Waals surface area contributed by atoms with Crippen molar-refractivity contribution >= 4 is 16.9 Å². The fraction of sp³-hybridized carbons (Fsp3) is 0.348. The molecule has 29 heavy (non-hydrogen) atoms. The molecule has 0 bridgehead atoms. The fourth-order valence-electron chi connectivity index (χ4n) is 4.21. The Balaban J connectivity index is 1.51. The third-order valence-corrected chi connectivity index (χ3v) is 5.92. The molecule has 1 aliphatic rings. The lowest BCUT2D eigenvalue weighted by Gasteiger charge is -2.33. The molecule has 6 heteroatoms. The molecule has 0 unspecified atom stereocenters. The Morgan fingerprint density at radius 2 is 1.97 bits per heavy atom. The minimum Gasteiger partial charge on any atom is -0.366 e. The lowest BCUT2D eigenvalue weighted by molar-refractivity contribution is -0.0697. The van der Waals surface area contributed by atoms with Crippen molar-refractivity contribution < 1.29 is 15.0 Å². The molecule has 0 spiro atoms. The number of carbonyl (C=O) groups excluding carboxylic acids is 1. The van der Waals surface area contributed by atoms with E-state index in [4.69, 9.17) is 0 Å². The van der Waals surface area contributed by atoms with Crippen LogP contribution in [-0.2, 0) is 13.0 Å². The van der Waals surface area contributed by atoms with Crippen LogP contribution in [-0.4, -0.2) is 45.0 Å². The first-order valence-corrected chi connectivity index (χ1v) is 10.00. The summed E-state index contributed by atoms with van der Waals surface area (Å²) in [5, 5.41) is 23.9. The van der Waals surface area contributed by atoms with Crippen molar-refractivity contribution in [2.75, 3.05) is 6.54 Å². The van der Waals surface area contributed by atoms with Gasteiger partial charge in [0.25, 0.3) is 0 Å². The van der Waals surface area contributed by atoms with Crippen molar-refractivity contribution in [3.8, 4) is 0 Å². The van der Waals surface area contributed by atoms with E-state index in [0.29, 0.717) is 13.1 Å². The van der Waals surface area contributed by atoms with E-state index in [0.717, 1.165) is 28.5 Å². The third-order valence-electron chi connectivity index (χ3n) is 5.92. The zero-order chi connectivity index (χ0) is 20.5. The van der Waals surface area contributed by atoms with E-state index in [1.165, 1.54) is 11.1 Å². The van der Waals surface area contributed by atoms with E-state index < -0.39 is 12.3 Å². The predicted molar refractivity (Wildman–Crippen MR) is 113 cm³/mol. The highest BCUT2D eigenvalue weighted by Crippen LogP contribution is 2.29. The maximum absolute atomic E-state index is 12.9. The molecule has 2 aromatic carbocycles. The number of urea groups is 1. The lowest BCUT2D eigenvalue weighted by Crippen LogP contribution is -2.52. The van der Waals surface area contributed by atoms with Gasteiger partial charge in [0, 0.05) is 36.1 Å². The van der Waals surface area contributed by atoms with E-state index in [-0.39, 0.29) is 11.9 Å². The van der Waals surface area contributed by atoms with Crippen molar-refractivity contribution in [2.24, 2.45) is 0 Å². The maximum atomic E-state index is 12.9. The number of nitrogens with zero attached hydrogens (tertiary/aromatic N) is 1. The number of aliphatic hydroxyl groups excluding tert-OH is 1. The van der Waals surface area contributed by atoms with Gasteiger partial charge in [0.1, 0.15) is 0 Å². The molecule has 0 saturated heterocycles. The molecule has 3 aromatic rings.